The molecular weight excluding hydrogens is 502 g/mol. The summed E-state index contributed by atoms with van der Waals surface area (Å²) in [6.45, 7) is 6.55. The van der Waals surface area contributed by atoms with Gasteiger partial charge in [0.05, 0.1) is 22.7 Å². The molecule has 9 heteroatoms. The Kier molecular flexibility index (Phi) is 6.74. The number of hydrogen-bond acceptors (Lipinski definition) is 5. The number of aromatic nitrogens is 2. The number of rotatable bonds is 6. The molecule has 0 bridgehead atoms. The quantitative estimate of drug-likeness (QED) is 0.166. The van der Waals surface area contributed by atoms with E-state index in [1.807, 2.05) is 24.4 Å². The molecule has 4 aromatic rings. The normalized spacial score (nSPS) is 17.6. The van der Waals surface area contributed by atoms with E-state index in [0.29, 0.717) is 5.11 Å². The first-order valence-electron chi connectivity index (χ1n) is 11.9. The minimum absolute atomic E-state index is 0.0349. The van der Waals surface area contributed by atoms with Crippen molar-refractivity contribution in [3.63, 3.8) is 0 Å². The zero-order valence-electron chi connectivity index (χ0n) is 20.7. The number of nitrogens with zero attached hydrogens (tertiary/aromatic N) is 4. The Hall–Kier alpha value is -3.69. The van der Waals surface area contributed by atoms with Crippen LogP contribution in [0.4, 0.5) is 11.4 Å². The standard InChI is InChI=1S/C28H27N5O2S2/c1-28(2,3)31-17-15-19(18-31)26-25(24-6-4-5-16-29-24)30-27(36)32(26)20-7-11-22(12-8-20)37-23-13-9-21(10-14-23)33(34)35/h4-18,25-26H,1-3H3,(H,30,36). The molecule has 0 spiro atoms. The molecule has 7 nitrogen and oxygen atoms in total. The van der Waals surface area contributed by atoms with Gasteiger partial charge in [0.1, 0.15) is 0 Å². The molecule has 1 saturated heterocycles. The summed E-state index contributed by atoms with van der Waals surface area (Å²) in [4.78, 5) is 19.3. The number of thiocarbonyl (C=S) groups is 1. The molecule has 0 radical (unpaired) electrons. The van der Waals surface area contributed by atoms with Crippen molar-refractivity contribution >= 4 is 40.5 Å². The van der Waals surface area contributed by atoms with E-state index in [0.717, 1.165) is 26.7 Å². The summed E-state index contributed by atoms with van der Waals surface area (Å²) < 4.78 is 2.22. The van der Waals surface area contributed by atoms with Gasteiger partial charge in [-0.25, -0.2) is 0 Å². The van der Waals surface area contributed by atoms with Gasteiger partial charge in [-0.3, -0.25) is 15.1 Å². The monoisotopic (exact) mass is 529 g/mol. The highest BCUT2D eigenvalue weighted by Crippen LogP contribution is 2.42. The summed E-state index contributed by atoms with van der Waals surface area (Å²) in [5.41, 5.74) is 3.13. The average Bonchev–Trinajstić information content (AvgIpc) is 3.50. The fraction of sp³-hybridized carbons (Fsp3) is 0.214. The summed E-state index contributed by atoms with van der Waals surface area (Å²) >= 11 is 7.41. The van der Waals surface area contributed by atoms with E-state index in [1.165, 1.54) is 12.1 Å². The Morgan fingerprint density at radius 1 is 1.00 bits per heavy atom. The van der Waals surface area contributed by atoms with Gasteiger partial charge in [-0.05, 0) is 93.1 Å². The third-order valence-corrected chi connectivity index (χ3v) is 7.66. The summed E-state index contributed by atoms with van der Waals surface area (Å²) in [5, 5.41) is 15.1. The van der Waals surface area contributed by atoms with E-state index in [4.69, 9.17) is 12.2 Å². The second-order valence-corrected chi connectivity index (χ2v) is 11.4. The Balaban J connectivity index is 1.45. The predicted molar refractivity (Wildman–Crippen MR) is 151 cm³/mol. The van der Waals surface area contributed by atoms with Crippen LogP contribution in [0.3, 0.4) is 0 Å². The van der Waals surface area contributed by atoms with Gasteiger partial charge in [0.25, 0.3) is 5.69 Å². The fourth-order valence-corrected chi connectivity index (χ4v) is 5.59. The lowest BCUT2D eigenvalue weighted by Crippen LogP contribution is -2.29. The van der Waals surface area contributed by atoms with Crippen LogP contribution >= 0.6 is 24.0 Å². The van der Waals surface area contributed by atoms with Crippen LogP contribution in [0.2, 0.25) is 0 Å². The number of nitrogens with one attached hydrogen (secondary N) is 1. The molecule has 188 valence electrons. The first-order chi connectivity index (χ1) is 17.7. The molecular formula is C28H27N5O2S2. The van der Waals surface area contributed by atoms with Gasteiger partial charge in [0, 0.05) is 51.7 Å². The summed E-state index contributed by atoms with van der Waals surface area (Å²) in [7, 11) is 0. The van der Waals surface area contributed by atoms with Crippen molar-refractivity contribution in [1.29, 1.82) is 0 Å². The maximum atomic E-state index is 10.9. The number of hydrogen-bond donors (Lipinski definition) is 1. The van der Waals surface area contributed by atoms with Crippen molar-refractivity contribution in [2.75, 3.05) is 4.90 Å². The van der Waals surface area contributed by atoms with Gasteiger partial charge < -0.3 is 14.8 Å². The van der Waals surface area contributed by atoms with E-state index in [1.54, 1.807) is 23.9 Å². The van der Waals surface area contributed by atoms with Crippen LogP contribution in [0, 0.1) is 10.1 Å². The minimum Gasteiger partial charge on any atom is -0.351 e. The number of anilines is 1. The first kappa shape index (κ1) is 25.0. The van der Waals surface area contributed by atoms with Crippen LogP contribution in [-0.2, 0) is 5.54 Å². The van der Waals surface area contributed by atoms with Crippen molar-refractivity contribution in [2.45, 2.75) is 48.2 Å². The third-order valence-electron chi connectivity index (χ3n) is 6.33. The molecule has 0 saturated carbocycles. The van der Waals surface area contributed by atoms with Crippen molar-refractivity contribution in [3.8, 4) is 0 Å². The Morgan fingerprint density at radius 2 is 1.68 bits per heavy atom. The lowest BCUT2D eigenvalue weighted by atomic mass is 9.98. The SMILES string of the molecule is CC(C)(C)n1ccc(C2C(c3ccccn3)NC(=S)N2c2ccc(Sc3ccc([N+](=O)[O-])cc3)cc2)c1. The number of non-ortho nitro benzene ring substituents is 1. The van der Waals surface area contributed by atoms with E-state index >= 15 is 0 Å². The smallest absolute Gasteiger partial charge is 0.269 e. The highest BCUT2D eigenvalue weighted by molar-refractivity contribution is 7.99. The van der Waals surface area contributed by atoms with Crippen LogP contribution in [-0.4, -0.2) is 19.6 Å². The van der Waals surface area contributed by atoms with E-state index in [9.17, 15) is 10.1 Å². The molecule has 3 heterocycles. The molecule has 5 rings (SSSR count). The largest absolute Gasteiger partial charge is 0.351 e. The Morgan fingerprint density at radius 3 is 2.24 bits per heavy atom. The van der Waals surface area contributed by atoms with Crippen molar-refractivity contribution in [3.05, 3.63) is 113 Å². The summed E-state index contributed by atoms with van der Waals surface area (Å²) in [6.07, 6.45) is 6.13. The van der Waals surface area contributed by atoms with Gasteiger partial charge in [0.15, 0.2) is 5.11 Å². The van der Waals surface area contributed by atoms with Gasteiger partial charge in [0.2, 0.25) is 0 Å². The number of pyridine rings is 1. The van der Waals surface area contributed by atoms with E-state index in [2.05, 4.69) is 83.3 Å². The second-order valence-electron chi connectivity index (χ2n) is 9.87. The lowest BCUT2D eigenvalue weighted by molar-refractivity contribution is -0.384. The highest BCUT2D eigenvalue weighted by atomic mass is 32.2. The number of nitro benzene ring substituents is 1. The number of benzene rings is 2. The minimum atomic E-state index is -0.388. The summed E-state index contributed by atoms with van der Waals surface area (Å²) in [5.74, 6) is 0. The van der Waals surface area contributed by atoms with Crippen LogP contribution < -0.4 is 10.2 Å². The lowest BCUT2D eigenvalue weighted by Gasteiger charge is -2.28. The molecule has 2 atom stereocenters. The Labute approximate surface area is 225 Å². The highest BCUT2D eigenvalue weighted by Gasteiger charge is 2.41. The average molecular weight is 530 g/mol. The molecule has 0 aliphatic carbocycles. The second kappa shape index (κ2) is 9.99. The van der Waals surface area contributed by atoms with Crippen LogP contribution in [0.15, 0.2) is 101 Å². The topological polar surface area (TPSA) is 76.2 Å². The summed E-state index contributed by atoms with van der Waals surface area (Å²) in [6, 6.07) is 22.8. The molecule has 1 N–H and O–H groups in total. The van der Waals surface area contributed by atoms with Gasteiger partial charge in [-0.1, -0.05) is 17.8 Å². The molecule has 1 fully saturated rings. The van der Waals surface area contributed by atoms with E-state index in [-0.39, 0.29) is 28.2 Å². The number of nitro groups is 1. The Bertz CT molecular complexity index is 1410. The van der Waals surface area contributed by atoms with Gasteiger partial charge in [-0.2, -0.15) is 0 Å². The third kappa shape index (κ3) is 5.23. The first-order valence-corrected chi connectivity index (χ1v) is 13.1. The predicted octanol–water partition coefficient (Wildman–Crippen LogP) is 6.87. The van der Waals surface area contributed by atoms with Crippen LogP contribution in [0.1, 0.15) is 44.1 Å². The zero-order valence-corrected chi connectivity index (χ0v) is 22.4. The fourth-order valence-electron chi connectivity index (χ4n) is 4.42. The van der Waals surface area contributed by atoms with Crippen LogP contribution in [0.5, 0.6) is 0 Å². The molecule has 37 heavy (non-hydrogen) atoms. The molecule has 2 unspecified atom stereocenters. The zero-order chi connectivity index (χ0) is 26.2. The molecule has 2 aromatic heterocycles. The maximum absolute atomic E-state index is 10.9. The van der Waals surface area contributed by atoms with Crippen molar-refractivity contribution in [2.24, 2.45) is 0 Å². The maximum Gasteiger partial charge on any atom is 0.269 e. The molecule has 1 aliphatic rings. The van der Waals surface area contributed by atoms with E-state index < -0.39 is 0 Å². The van der Waals surface area contributed by atoms with Crippen molar-refractivity contribution < 1.29 is 4.92 Å². The molecule has 1 aliphatic heterocycles. The van der Waals surface area contributed by atoms with Gasteiger partial charge >= 0.3 is 0 Å². The van der Waals surface area contributed by atoms with Crippen molar-refractivity contribution in [1.82, 2.24) is 14.9 Å². The van der Waals surface area contributed by atoms with Crippen LogP contribution in [0.25, 0.3) is 0 Å². The molecule has 0 amide bonds. The molecule has 2 aromatic carbocycles. The van der Waals surface area contributed by atoms with Gasteiger partial charge in [-0.15, -0.1) is 0 Å².